The van der Waals surface area contributed by atoms with Gasteiger partial charge < -0.3 is 15.8 Å². The number of anilines is 2. The molecule has 1 aromatic carbocycles. The van der Waals surface area contributed by atoms with Crippen LogP contribution in [0, 0.1) is 0 Å². The van der Waals surface area contributed by atoms with Crippen LogP contribution in [0.15, 0.2) is 36.8 Å². The number of aromatic nitrogens is 4. The van der Waals surface area contributed by atoms with Gasteiger partial charge in [0.2, 0.25) is 0 Å². The molecule has 0 unspecified atom stereocenters. The van der Waals surface area contributed by atoms with Gasteiger partial charge in [0.05, 0.1) is 35.4 Å². The molecule has 0 aliphatic heterocycles. The van der Waals surface area contributed by atoms with Gasteiger partial charge in [0, 0.05) is 13.2 Å². The summed E-state index contributed by atoms with van der Waals surface area (Å²) < 4.78 is 8.72. The molecule has 0 fully saturated rings. The van der Waals surface area contributed by atoms with Gasteiger partial charge in [-0.1, -0.05) is 17.7 Å². The SMILES string of the molecule is CCOc1cccc(Cl)c1-n1cc(Nc2cnn(C)c2)c(C(N)=O)n1. The van der Waals surface area contributed by atoms with E-state index >= 15 is 0 Å². The Labute approximate surface area is 149 Å². The number of hydrogen-bond acceptors (Lipinski definition) is 5. The van der Waals surface area contributed by atoms with Crippen molar-refractivity contribution in [1.82, 2.24) is 19.6 Å². The molecule has 0 radical (unpaired) electrons. The highest BCUT2D eigenvalue weighted by atomic mass is 35.5. The predicted octanol–water partition coefficient (Wildman–Crippen LogP) is 2.50. The predicted molar refractivity (Wildman–Crippen MR) is 94.8 cm³/mol. The first-order chi connectivity index (χ1) is 12.0. The van der Waals surface area contributed by atoms with Crippen LogP contribution in [0.4, 0.5) is 11.4 Å². The van der Waals surface area contributed by atoms with Crippen molar-refractivity contribution in [2.45, 2.75) is 6.92 Å². The Kier molecular flexibility index (Phi) is 4.62. The number of carbonyl (C=O) groups excluding carboxylic acids is 1. The van der Waals surface area contributed by atoms with Crippen LogP contribution < -0.4 is 15.8 Å². The minimum atomic E-state index is -0.657. The third-order valence-corrected chi connectivity index (χ3v) is 3.72. The Morgan fingerprint density at radius 2 is 2.20 bits per heavy atom. The van der Waals surface area contributed by atoms with E-state index in [9.17, 15) is 4.79 Å². The van der Waals surface area contributed by atoms with Crippen LogP contribution in [0.25, 0.3) is 5.69 Å². The molecule has 25 heavy (non-hydrogen) atoms. The lowest BCUT2D eigenvalue weighted by Crippen LogP contribution is -2.14. The van der Waals surface area contributed by atoms with Crippen molar-refractivity contribution in [1.29, 1.82) is 0 Å². The van der Waals surface area contributed by atoms with E-state index < -0.39 is 5.91 Å². The molecular weight excluding hydrogens is 344 g/mol. The summed E-state index contributed by atoms with van der Waals surface area (Å²) in [5.74, 6) is -0.100. The number of amides is 1. The number of nitrogens with zero attached hydrogens (tertiary/aromatic N) is 4. The highest BCUT2D eigenvalue weighted by Crippen LogP contribution is 2.32. The second-order valence-corrected chi connectivity index (χ2v) is 5.65. The number of rotatable bonds is 6. The number of carbonyl (C=O) groups is 1. The van der Waals surface area contributed by atoms with Gasteiger partial charge in [-0.3, -0.25) is 9.48 Å². The summed E-state index contributed by atoms with van der Waals surface area (Å²) in [6, 6.07) is 5.29. The maximum Gasteiger partial charge on any atom is 0.271 e. The molecule has 0 bridgehead atoms. The zero-order valence-corrected chi connectivity index (χ0v) is 14.5. The minimum Gasteiger partial charge on any atom is -0.492 e. The average molecular weight is 361 g/mol. The quantitative estimate of drug-likeness (QED) is 0.703. The number of halogens is 1. The van der Waals surface area contributed by atoms with E-state index in [1.165, 1.54) is 4.68 Å². The van der Waals surface area contributed by atoms with Crippen LogP contribution in [-0.4, -0.2) is 32.1 Å². The maximum atomic E-state index is 11.8. The molecule has 3 rings (SSSR count). The summed E-state index contributed by atoms with van der Waals surface area (Å²) in [5.41, 5.74) is 7.23. The number of benzene rings is 1. The van der Waals surface area contributed by atoms with Gasteiger partial charge in [-0.2, -0.15) is 10.2 Å². The summed E-state index contributed by atoms with van der Waals surface area (Å²) in [6.07, 6.45) is 5.03. The van der Waals surface area contributed by atoms with Gasteiger partial charge in [0.15, 0.2) is 5.69 Å². The fourth-order valence-corrected chi connectivity index (χ4v) is 2.65. The molecule has 1 amide bonds. The summed E-state index contributed by atoms with van der Waals surface area (Å²) in [4.78, 5) is 11.8. The Hall–Kier alpha value is -3.00. The van der Waals surface area contributed by atoms with Crippen LogP contribution in [0.1, 0.15) is 17.4 Å². The van der Waals surface area contributed by atoms with Crippen molar-refractivity contribution >= 4 is 28.9 Å². The second-order valence-electron chi connectivity index (χ2n) is 5.25. The summed E-state index contributed by atoms with van der Waals surface area (Å²) in [7, 11) is 1.79. The number of nitrogens with two attached hydrogens (primary N) is 1. The largest absolute Gasteiger partial charge is 0.492 e. The monoisotopic (exact) mass is 360 g/mol. The molecule has 0 saturated carbocycles. The molecule has 8 nitrogen and oxygen atoms in total. The zero-order chi connectivity index (χ0) is 18.0. The molecule has 3 N–H and O–H groups in total. The minimum absolute atomic E-state index is 0.0891. The topological polar surface area (TPSA) is 100.0 Å². The molecule has 9 heteroatoms. The third-order valence-electron chi connectivity index (χ3n) is 3.41. The number of ether oxygens (including phenoxy) is 1. The first-order valence-corrected chi connectivity index (χ1v) is 7.94. The summed E-state index contributed by atoms with van der Waals surface area (Å²) in [5, 5.41) is 11.9. The molecule has 2 heterocycles. The number of hydrogen-bond donors (Lipinski definition) is 2. The van der Waals surface area contributed by atoms with Crippen molar-refractivity contribution in [3.05, 3.63) is 47.5 Å². The molecule has 0 spiro atoms. The molecule has 2 aromatic heterocycles. The molecule has 0 saturated heterocycles. The van der Waals surface area contributed by atoms with Crippen molar-refractivity contribution < 1.29 is 9.53 Å². The standard InChI is InChI=1S/C16H17ClN6O2/c1-3-25-13-6-4-5-11(17)15(13)23-9-12(14(21-23)16(18)24)20-10-7-19-22(2)8-10/h4-9,20H,3H2,1-2H3,(H2,18,24). The lowest BCUT2D eigenvalue weighted by molar-refractivity contribution is 0.0996. The van der Waals surface area contributed by atoms with Crippen molar-refractivity contribution in [2.75, 3.05) is 11.9 Å². The smallest absolute Gasteiger partial charge is 0.271 e. The van der Waals surface area contributed by atoms with Crippen LogP contribution in [0.3, 0.4) is 0 Å². The Morgan fingerprint density at radius 3 is 2.84 bits per heavy atom. The Bertz CT molecular complexity index is 917. The van der Waals surface area contributed by atoms with Crippen molar-refractivity contribution in [3.63, 3.8) is 0 Å². The lowest BCUT2D eigenvalue weighted by Gasteiger charge is -2.11. The lowest BCUT2D eigenvalue weighted by atomic mass is 10.3. The van der Waals surface area contributed by atoms with E-state index in [1.807, 2.05) is 6.92 Å². The zero-order valence-electron chi connectivity index (χ0n) is 13.7. The number of nitrogens with one attached hydrogen (secondary N) is 1. The number of primary amides is 1. The Morgan fingerprint density at radius 1 is 1.40 bits per heavy atom. The molecule has 130 valence electrons. The van der Waals surface area contributed by atoms with Gasteiger partial charge in [-0.15, -0.1) is 0 Å². The first kappa shape index (κ1) is 16.8. The summed E-state index contributed by atoms with van der Waals surface area (Å²) in [6.45, 7) is 2.34. The molecule has 3 aromatic rings. The third kappa shape index (κ3) is 3.43. The number of aryl methyl sites for hydroxylation is 1. The molecular formula is C16H17ClN6O2. The van der Waals surface area contributed by atoms with Crippen molar-refractivity contribution in [2.24, 2.45) is 12.8 Å². The van der Waals surface area contributed by atoms with Gasteiger partial charge in [0.1, 0.15) is 11.4 Å². The van der Waals surface area contributed by atoms with E-state index in [-0.39, 0.29) is 5.69 Å². The highest BCUT2D eigenvalue weighted by Gasteiger charge is 2.19. The molecule has 0 aliphatic carbocycles. The van der Waals surface area contributed by atoms with Crippen LogP contribution in [-0.2, 0) is 7.05 Å². The molecule has 0 aliphatic rings. The van der Waals surface area contributed by atoms with Crippen LogP contribution >= 0.6 is 11.6 Å². The van der Waals surface area contributed by atoms with E-state index in [1.54, 1.807) is 48.5 Å². The number of para-hydroxylation sites is 1. The fraction of sp³-hybridized carbons (Fsp3) is 0.188. The highest BCUT2D eigenvalue weighted by molar-refractivity contribution is 6.32. The molecule has 0 atom stereocenters. The van der Waals surface area contributed by atoms with Gasteiger partial charge in [-0.05, 0) is 19.1 Å². The van der Waals surface area contributed by atoms with Crippen LogP contribution in [0.2, 0.25) is 5.02 Å². The normalized spacial score (nSPS) is 10.7. The van der Waals surface area contributed by atoms with Crippen LogP contribution in [0.5, 0.6) is 5.75 Å². The van der Waals surface area contributed by atoms with Gasteiger partial charge in [0.25, 0.3) is 5.91 Å². The van der Waals surface area contributed by atoms with Gasteiger partial charge in [-0.25, -0.2) is 4.68 Å². The summed E-state index contributed by atoms with van der Waals surface area (Å²) >= 11 is 6.31. The van der Waals surface area contributed by atoms with Gasteiger partial charge >= 0.3 is 0 Å². The first-order valence-electron chi connectivity index (χ1n) is 7.56. The van der Waals surface area contributed by atoms with E-state index in [2.05, 4.69) is 15.5 Å². The maximum absolute atomic E-state index is 11.8. The average Bonchev–Trinajstić information content (AvgIpc) is 3.15. The van der Waals surface area contributed by atoms with E-state index in [0.717, 1.165) is 0 Å². The fourth-order valence-electron chi connectivity index (χ4n) is 2.39. The van der Waals surface area contributed by atoms with E-state index in [4.69, 9.17) is 22.1 Å². The Balaban J connectivity index is 2.07. The second kappa shape index (κ2) is 6.86. The van der Waals surface area contributed by atoms with E-state index in [0.29, 0.717) is 34.4 Å². The van der Waals surface area contributed by atoms with Crippen molar-refractivity contribution in [3.8, 4) is 11.4 Å².